The lowest BCUT2D eigenvalue weighted by molar-refractivity contribution is 0.557. The lowest BCUT2D eigenvalue weighted by Gasteiger charge is -2.08. The minimum Gasteiger partial charge on any atom is -0.316 e. The van der Waals surface area contributed by atoms with Crippen molar-refractivity contribution in [2.75, 3.05) is 13.1 Å². The van der Waals surface area contributed by atoms with Crippen LogP contribution in [-0.4, -0.2) is 13.1 Å². The highest BCUT2D eigenvalue weighted by molar-refractivity contribution is 5.93. The molecule has 106 valence electrons. The van der Waals surface area contributed by atoms with E-state index in [1.54, 1.807) is 0 Å². The number of nitrogens with one attached hydrogen (secondary N) is 1. The molecule has 0 unspecified atom stereocenters. The molecule has 1 heteroatoms. The van der Waals surface area contributed by atoms with Crippen molar-refractivity contribution in [2.24, 2.45) is 5.92 Å². The van der Waals surface area contributed by atoms with Crippen molar-refractivity contribution in [3.05, 3.63) is 54.1 Å². The molecule has 1 N–H and O–H groups in total. The quantitative estimate of drug-likeness (QED) is 0.736. The first-order valence-electron chi connectivity index (χ1n) is 7.54. The molecular formula is C19H25N. The summed E-state index contributed by atoms with van der Waals surface area (Å²) in [7, 11) is 0. The van der Waals surface area contributed by atoms with E-state index in [9.17, 15) is 0 Å². The Morgan fingerprint density at radius 2 is 1.85 bits per heavy atom. The SMILES string of the molecule is CC(=CCCNCC(C)C)c1cccc2ccccc12. The van der Waals surface area contributed by atoms with Gasteiger partial charge in [-0.25, -0.2) is 0 Å². The maximum atomic E-state index is 3.48. The molecule has 2 aromatic rings. The Bertz CT molecular complexity index is 576. The van der Waals surface area contributed by atoms with Gasteiger partial charge in [0.25, 0.3) is 0 Å². The molecule has 0 heterocycles. The Hall–Kier alpha value is -1.60. The van der Waals surface area contributed by atoms with Gasteiger partial charge in [-0.3, -0.25) is 0 Å². The Morgan fingerprint density at radius 3 is 2.65 bits per heavy atom. The summed E-state index contributed by atoms with van der Waals surface area (Å²) in [4.78, 5) is 0. The molecule has 20 heavy (non-hydrogen) atoms. The van der Waals surface area contributed by atoms with Crippen molar-refractivity contribution in [2.45, 2.75) is 27.2 Å². The van der Waals surface area contributed by atoms with Crippen LogP contribution < -0.4 is 5.32 Å². The van der Waals surface area contributed by atoms with Crippen molar-refractivity contribution < 1.29 is 0 Å². The lowest BCUT2D eigenvalue weighted by atomic mass is 9.98. The van der Waals surface area contributed by atoms with Gasteiger partial charge in [0.2, 0.25) is 0 Å². The van der Waals surface area contributed by atoms with Crippen molar-refractivity contribution >= 4 is 16.3 Å². The smallest absolute Gasteiger partial charge is 0.00139 e. The van der Waals surface area contributed by atoms with E-state index in [1.165, 1.54) is 21.9 Å². The van der Waals surface area contributed by atoms with Crippen LogP contribution in [0.15, 0.2) is 48.5 Å². The second-order valence-corrected chi connectivity index (χ2v) is 5.80. The number of benzene rings is 2. The zero-order chi connectivity index (χ0) is 14.4. The van der Waals surface area contributed by atoms with E-state index in [1.807, 2.05) is 0 Å². The molecule has 2 rings (SSSR count). The number of allylic oxidation sites excluding steroid dienone is 1. The molecule has 0 aromatic heterocycles. The molecule has 0 spiro atoms. The normalized spacial score (nSPS) is 12.3. The number of hydrogen-bond donors (Lipinski definition) is 1. The van der Waals surface area contributed by atoms with Crippen LogP contribution in [0, 0.1) is 5.92 Å². The maximum absolute atomic E-state index is 3.48. The van der Waals surface area contributed by atoms with Crippen LogP contribution in [0.3, 0.4) is 0 Å². The number of rotatable bonds is 6. The Morgan fingerprint density at radius 1 is 1.10 bits per heavy atom. The molecule has 0 fully saturated rings. The van der Waals surface area contributed by atoms with Gasteiger partial charge >= 0.3 is 0 Å². The molecule has 0 radical (unpaired) electrons. The summed E-state index contributed by atoms with van der Waals surface area (Å²) in [6.07, 6.45) is 3.43. The predicted octanol–water partition coefficient (Wildman–Crippen LogP) is 4.88. The fourth-order valence-corrected chi connectivity index (χ4v) is 2.46. The summed E-state index contributed by atoms with van der Waals surface area (Å²) >= 11 is 0. The largest absolute Gasteiger partial charge is 0.316 e. The number of hydrogen-bond acceptors (Lipinski definition) is 1. The first-order valence-corrected chi connectivity index (χ1v) is 7.54. The molecule has 0 amide bonds. The zero-order valence-electron chi connectivity index (χ0n) is 12.8. The fraction of sp³-hybridized carbons (Fsp3) is 0.368. The van der Waals surface area contributed by atoms with Gasteiger partial charge in [-0.05, 0) is 54.3 Å². The summed E-state index contributed by atoms with van der Waals surface area (Å²) in [6, 6.07) is 15.1. The van der Waals surface area contributed by atoms with Gasteiger partial charge in [-0.15, -0.1) is 0 Å². The van der Waals surface area contributed by atoms with Gasteiger partial charge in [0.1, 0.15) is 0 Å². The van der Waals surface area contributed by atoms with Gasteiger partial charge in [0, 0.05) is 0 Å². The highest BCUT2D eigenvalue weighted by Gasteiger charge is 2.01. The van der Waals surface area contributed by atoms with Crippen LogP contribution in [0.4, 0.5) is 0 Å². The molecule has 0 aliphatic heterocycles. The Labute approximate surface area is 122 Å². The summed E-state index contributed by atoms with van der Waals surface area (Å²) < 4.78 is 0. The summed E-state index contributed by atoms with van der Waals surface area (Å²) in [5.41, 5.74) is 2.72. The third-order valence-corrected chi connectivity index (χ3v) is 3.54. The highest BCUT2D eigenvalue weighted by Crippen LogP contribution is 2.24. The second-order valence-electron chi connectivity index (χ2n) is 5.80. The molecule has 0 bridgehead atoms. The van der Waals surface area contributed by atoms with Gasteiger partial charge < -0.3 is 5.32 Å². The van der Waals surface area contributed by atoms with Gasteiger partial charge in [-0.2, -0.15) is 0 Å². The molecule has 0 aliphatic rings. The Kier molecular flexibility index (Phi) is 5.37. The molecule has 1 nitrogen and oxygen atoms in total. The molecular weight excluding hydrogens is 242 g/mol. The monoisotopic (exact) mass is 267 g/mol. The van der Waals surface area contributed by atoms with Gasteiger partial charge in [0.05, 0.1) is 0 Å². The van der Waals surface area contributed by atoms with Gasteiger partial charge in [0.15, 0.2) is 0 Å². The molecule has 0 aliphatic carbocycles. The Balaban J connectivity index is 2.05. The van der Waals surface area contributed by atoms with Crippen LogP contribution in [0.5, 0.6) is 0 Å². The first kappa shape index (κ1) is 14.8. The van der Waals surface area contributed by atoms with Crippen molar-refractivity contribution in [3.63, 3.8) is 0 Å². The fourth-order valence-electron chi connectivity index (χ4n) is 2.46. The predicted molar refractivity (Wildman–Crippen MR) is 89.9 cm³/mol. The van der Waals surface area contributed by atoms with Crippen LogP contribution in [0.25, 0.3) is 16.3 Å². The number of fused-ring (bicyclic) bond motifs is 1. The minimum atomic E-state index is 0.721. The zero-order valence-corrected chi connectivity index (χ0v) is 12.8. The van der Waals surface area contributed by atoms with Crippen molar-refractivity contribution in [1.29, 1.82) is 0 Å². The standard InChI is InChI=1S/C19H25N/c1-15(2)14-20-13-7-8-16(3)18-12-6-10-17-9-4-5-11-19(17)18/h4-6,8-12,15,20H,7,13-14H2,1-3H3. The molecule has 0 saturated carbocycles. The minimum absolute atomic E-state index is 0.721. The topological polar surface area (TPSA) is 12.0 Å². The summed E-state index contributed by atoms with van der Waals surface area (Å²) in [6.45, 7) is 8.85. The molecule has 0 saturated heterocycles. The maximum Gasteiger partial charge on any atom is -0.00139 e. The van der Waals surface area contributed by atoms with E-state index in [0.29, 0.717) is 0 Å². The van der Waals surface area contributed by atoms with Crippen LogP contribution in [0.2, 0.25) is 0 Å². The van der Waals surface area contributed by atoms with Crippen molar-refractivity contribution in [1.82, 2.24) is 5.32 Å². The first-order chi connectivity index (χ1) is 9.68. The second kappa shape index (κ2) is 7.25. The van der Waals surface area contributed by atoms with E-state index < -0.39 is 0 Å². The summed E-state index contributed by atoms with van der Waals surface area (Å²) in [5.74, 6) is 0.721. The molecule has 0 atom stereocenters. The molecule has 2 aromatic carbocycles. The third-order valence-electron chi connectivity index (χ3n) is 3.54. The summed E-state index contributed by atoms with van der Waals surface area (Å²) in [5, 5.41) is 6.15. The van der Waals surface area contributed by atoms with Crippen LogP contribution >= 0.6 is 0 Å². The average molecular weight is 267 g/mol. The lowest BCUT2D eigenvalue weighted by Crippen LogP contribution is -2.20. The van der Waals surface area contributed by atoms with E-state index in [-0.39, 0.29) is 0 Å². The van der Waals surface area contributed by atoms with E-state index in [0.717, 1.165) is 25.4 Å². The third kappa shape index (κ3) is 3.94. The van der Waals surface area contributed by atoms with Crippen molar-refractivity contribution in [3.8, 4) is 0 Å². The van der Waals surface area contributed by atoms with Crippen LogP contribution in [-0.2, 0) is 0 Å². The average Bonchev–Trinajstić information content (AvgIpc) is 2.45. The highest BCUT2D eigenvalue weighted by atomic mass is 14.8. The van der Waals surface area contributed by atoms with E-state index in [4.69, 9.17) is 0 Å². The van der Waals surface area contributed by atoms with E-state index >= 15 is 0 Å². The van der Waals surface area contributed by atoms with E-state index in [2.05, 4.69) is 74.6 Å². The van der Waals surface area contributed by atoms with Crippen LogP contribution in [0.1, 0.15) is 32.8 Å². The van der Waals surface area contributed by atoms with Gasteiger partial charge in [-0.1, -0.05) is 62.4 Å².